The van der Waals surface area contributed by atoms with Gasteiger partial charge in [-0.3, -0.25) is 4.57 Å². The molecule has 0 fully saturated rings. The van der Waals surface area contributed by atoms with E-state index >= 15 is 0 Å². The standard InChI is InChI=1S/C31H19N3S/c1-3-11-19(12-4-1)31-33-27-25-21-15-7-9-17-23(21)32-28(25)30-26(22-16-8-10-18-24(22)35-30)29(27)34(31)20-13-5-2-6-14-20/h1-18,32H. The van der Waals surface area contributed by atoms with Gasteiger partial charge in [-0.1, -0.05) is 84.9 Å². The molecule has 3 nitrogen and oxygen atoms in total. The van der Waals surface area contributed by atoms with Crippen molar-refractivity contribution in [1.29, 1.82) is 0 Å². The first-order valence-corrected chi connectivity index (χ1v) is 12.6. The zero-order chi connectivity index (χ0) is 22.9. The van der Waals surface area contributed by atoms with E-state index < -0.39 is 0 Å². The highest BCUT2D eigenvalue weighted by molar-refractivity contribution is 7.26. The third-order valence-corrected chi connectivity index (χ3v) is 8.11. The van der Waals surface area contributed by atoms with Gasteiger partial charge < -0.3 is 4.98 Å². The van der Waals surface area contributed by atoms with Crippen LogP contribution >= 0.6 is 11.3 Å². The molecule has 0 aliphatic rings. The van der Waals surface area contributed by atoms with Crippen molar-refractivity contribution in [3.8, 4) is 17.1 Å². The van der Waals surface area contributed by atoms with Gasteiger partial charge >= 0.3 is 0 Å². The average Bonchev–Trinajstić information content (AvgIpc) is 3.61. The molecule has 0 saturated carbocycles. The second-order valence-electron chi connectivity index (χ2n) is 8.89. The molecule has 3 heterocycles. The van der Waals surface area contributed by atoms with Gasteiger partial charge in [0.05, 0.1) is 15.7 Å². The molecule has 0 radical (unpaired) electrons. The maximum absolute atomic E-state index is 5.39. The Morgan fingerprint density at radius 1 is 0.657 bits per heavy atom. The molecule has 0 amide bonds. The van der Waals surface area contributed by atoms with E-state index in [9.17, 15) is 0 Å². The predicted octanol–water partition coefficient (Wildman–Crippen LogP) is 8.69. The Labute approximate surface area is 204 Å². The molecule has 164 valence electrons. The van der Waals surface area contributed by atoms with Gasteiger partial charge in [-0.15, -0.1) is 11.3 Å². The summed E-state index contributed by atoms with van der Waals surface area (Å²) in [6.45, 7) is 0. The number of para-hydroxylation sites is 2. The molecular formula is C31H19N3S. The molecule has 0 aliphatic heterocycles. The molecule has 35 heavy (non-hydrogen) atoms. The normalized spacial score (nSPS) is 12.0. The fourth-order valence-electron chi connectivity index (χ4n) is 5.45. The van der Waals surface area contributed by atoms with Crippen molar-refractivity contribution in [2.75, 3.05) is 0 Å². The minimum Gasteiger partial charge on any atom is -0.353 e. The number of H-pyrrole nitrogens is 1. The van der Waals surface area contributed by atoms with Crippen LogP contribution in [-0.2, 0) is 0 Å². The van der Waals surface area contributed by atoms with Crippen LogP contribution in [0.2, 0.25) is 0 Å². The number of hydrogen-bond donors (Lipinski definition) is 1. The summed E-state index contributed by atoms with van der Waals surface area (Å²) in [7, 11) is 0. The van der Waals surface area contributed by atoms with Crippen LogP contribution in [0.4, 0.5) is 0 Å². The van der Waals surface area contributed by atoms with Gasteiger partial charge in [0, 0.05) is 43.0 Å². The highest BCUT2D eigenvalue weighted by Gasteiger charge is 2.24. The Bertz CT molecular complexity index is 2040. The number of nitrogens with one attached hydrogen (secondary N) is 1. The topological polar surface area (TPSA) is 33.6 Å². The molecule has 3 aromatic heterocycles. The van der Waals surface area contributed by atoms with Crippen LogP contribution in [0, 0.1) is 0 Å². The van der Waals surface area contributed by atoms with Gasteiger partial charge in [-0.05, 0) is 24.3 Å². The second-order valence-corrected chi connectivity index (χ2v) is 9.94. The van der Waals surface area contributed by atoms with Crippen molar-refractivity contribution in [3.63, 3.8) is 0 Å². The molecule has 0 atom stereocenters. The van der Waals surface area contributed by atoms with Crippen LogP contribution in [0.3, 0.4) is 0 Å². The van der Waals surface area contributed by atoms with Crippen LogP contribution < -0.4 is 0 Å². The number of thiophene rings is 1. The fraction of sp³-hybridized carbons (Fsp3) is 0. The maximum atomic E-state index is 5.39. The lowest BCUT2D eigenvalue weighted by atomic mass is 10.1. The van der Waals surface area contributed by atoms with Crippen molar-refractivity contribution in [1.82, 2.24) is 14.5 Å². The fourth-order valence-corrected chi connectivity index (χ4v) is 6.66. The Morgan fingerprint density at radius 3 is 2.17 bits per heavy atom. The van der Waals surface area contributed by atoms with E-state index in [0.717, 1.165) is 28.1 Å². The Morgan fingerprint density at radius 2 is 1.34 bits per heavy atom. The SMILES string of the molecule is c1ccc(-c2nc3c4c5ccccc5[nH]c4c4sc5ccccc5c4c3n2-c2ccccc2)cc1. The van der Waals surface area contributed by atoms with E-state index in [-0.39, 0.29) is 0 Å². The minimum absolute atomic E-state index is 0.959. The zero-order valence-corrected chi connectivity index (χ0v) is 19.5. The molecule has 0 unspecified atom stereocenters. The van der Waals surface area contributed by atoms with Gasteiger partial charge in [0.25, 0.3) is 0 Å². The van der Waals surface area contributed by atoms with E-state index in [0.29, 0.717) is 0 Å². The highest BCUT2D eigenvalue weighted by atomic mass is 32.1. The summed E-state index contributed by atoms with van der Waals surface area (Å²) in [6.07, 6.45) is 0. The van der Waals surface area contributed by atoms with Gasteiger partial charge in [0.15, 0.2) is 0 Å². The molecule has 4 heteroatoms. The first kappa shape index (κ1) is 19.0. The van der Waals surface area contributed by atoms with E-state index in [2.05, 4.69) is 119 Å². The van der Waals surface area contributed by atoms with Crippen molar-refractivity contribution >= 4 is 64.3 Å². The number of aromatic nitrogens is 3. The number of aromatic amines is 1. The number of nitrogens with zero attached hydrogens (tertiary/aromatic N) is 2. The van der Waals surface area contributed by atoms with Crippen LogP contribution in [0.1, 0.15) is 0 Å². The minimum atomic E-state index is 0.959. The lowest BCUT2D eigenvalue weighted by Gasteiger charge is -2.10. The average molecular weight is 466 g/mol. The number of hydrogen-bond acceptors (Lipinski definition) is 2. The van der Waals surface area contributed by atoms with Crippen molar-refractivity contribution < 1.29 is 0 Å². The second kappa shape index (κ2) is 7.05. The smallest absolute Gasteiger partial charge is 0.145 e. The molecule has 0 saturated heterocycles. The van der Waals surface area contributed by atoms with Crippen LogP contribution in [0.5, 0.6) is 0 Å². The Kier molecular flexibility index (Phi) is 3.82. The molecule has 8 aromatic rings. The van der Waals surface area contributed by atoms with E-state index in [1.807, 2.05) is 11.3 Å². The highest BCUT2D eigenvalue weighted by Crippen LogP contribution is 2.47. The first-order valence-electron chi connectivity index (χ1n) is 11.8. The quantitative estimate of drug-likeness (QED) is 0.272. The Hall–Kier alpha value is -4.41. The number of benzene rings is 5. The summed E-state index contributed by atoms with van der Waals surface area (Å²) in [5.41, 5.74) is 6.74. The summed E-state index contributed by atoms with van der Waals surface area (Å²) in [5.74, 6) is 0.959. The van der Waals surface area contributed by atoms with Crippen LogP contribution in [-0.4, -0.2) is 14.5 Å². The van der Waals surface area contributed by atoms with Crippen molar-refractivity contribution in [2.45, 2.75) is 0 Å². The number of rotatable bonds is 2. The molecule has 0 aliphatic carbocycles. The third kappa shape index (κ3) is 2.57. The molecule has 0 bridgehead atoms. The lowest BCUT2D eigenvalue weighted by molar-refractivity contribution is 1.11. The number of imidazole rings is 1. The lowest BCUT2D eigenvalue weighted by Crippen LogP contribution is -1.97. The first-order chi connectivity index (χ1) is 17.4. The molecule has 8 rings (SSSR count). The number of fused-ring (bicyclic) bond motifs is 10. The van der Waals surface area contributed by atoms with Crippen LogP contribution in [0.15, 0.2) is 109 Å². The van der Waals surface area contributed by atoms with Crippen LogP contribution in [0.25, 0.3) is 70.1 Å². The molecular weight excluding hydrogens is 446 g/mol. The Balaban J connectivity index is 1.72. The summed E-state index contributed by atoms with van der Waals surface area (Å²) >= 11 is 1.86. The van der Waals surface area contributed by atoms with Gasteiger partial charge in [0.2, 0.25) is 0 Å². The summed E-state index contributed by atoms with van der Waals surface area (Å²) in [5, 5.41) is 4.94. The largest absolute Gasteiger partial charge is 0.353 e. The van der Waals surface area contributed by atoms with Crippen molar-refractivity contribution in [2.24, 2.45) is 0 Å². The maximum Gasteiger partial charge on any atom is 0.145 e. The van der Waals surface area contributed by atoms with Crippen molar-refractivity contribution in [3.05, 3.63) is 109 Å². The summed E-state index contributed by atoms with van der Waals surface area (Å²) < 4.78 is 4.92. The predicted molar refractivity (Wildman–Crippen MR) is 149 cm³/mol. The third-order valence-electron chi connectivity index (χ3n) is 6.93. The van der Waals surface area contributed by atoms with E-state index in [4.69, 9.17) is 4.98 Å². The van der Waals surface area contributed by atoms with Gasteiger partial charge in [-0.2, -0.15) is 0 Å². The molecule has 5 aromatic carbocycles. The summed E-state index contributed by atoms with van der Waals surface area (Å²) in [6, 6.07) is 38.4. The molecule has 0 spiro atoms. The monoisotopic (exact) mass is 465 g/mol. The molecule has 1 N–H and O–H groups in total. The zero-order valence-electron chi connectivity index (χ0n) is 18.7. The van der Waals surface area contributed by atoms with E-state index in [1.54, 1.807) is 0 Å². The summed E-state index contributed by atoms with van der Waals surface area (Å²) in [4.78, 5) is 9.14. The van der Waals surface area contributed by atoms with Gasteiger partial charge in [0.1, 0.15) is 11.3 Å². The van der Waals surface area contributed by atoms with Gasteiger partial charge in [-0.25, -0.2) is 4.98 Å². The van der Waals surface area contributed by atoms with E-state index in [1.165, 1.54) is 42.0 Å².